The Morgan fingerprint density at radius 1 is 0.900 bits per heavy atom. The van der Waals surface area contributed by atoms with Gasteiger partial charge in [-0.05, 0) is 29.8 Å². The van der Waals surface area contributed by atoms with Gasteiger partial charge >= 0.3 is 17.9 Å². The van der Waals surface area contributed by atoms with Crippen LogP contribution in [-0.4, -0.2) is 44.2 Å². The van der Waals surface area contributed by atoms with E-state index in [0.29, 0.717) is 5.56 Å². The van der Waals surface area contributed by atoms with Gasteiger partial charge in [0.05, 0.1) is 37.4 Å². The standard InChI is InChI=1S/C20H17NO9/c1-27-17-8-12(5-7-18(22)28-2)4-6-16(17)30-20(24)14-9-13(19(23)29-3)10-15(11-14)21(25)26/h4-11H,1-3H3. The van der Waals surface area contributed by atoms with Gasteiger partial charge in [-0.25, -0.2) is 14.4 Å². The van der Waals surface area contributed by atoms with Gasteiger partial charge in [0.15, 0.2) is 11.5 Å². The molecular formula is C20H17NO9. The Morgan fingerprint density at radius 2 is 1.57 bits per heavy atom. The molecule has 2 aromatic rings. The summed E-state index contributed by atoms with van der Waals surface area (Å²) in [5, 5.41) is 11.1. The molecular weight excluding hydrogens is 398 g/mol. The largest absolute Gasteiger partial charge is 0.493 e. The van der Waals surface area contributed by atoms with E-state index in [1.165, 1.54) is 38.5 Å². The van der Waals surface area contributed by atoms with Gasteiger partial charge in [-0.1, -0.05) is 6.07 Å². The van der Waals surface area contributed by atoms with Gasteiger partial charge < -0.3 is 18.9 Å². The minimum Gasteiger partial charge on any atom is -0.493 e. The molecule has 10 heteroatoms. The molecule has 0 radical (unpaired) electrons. The molecule has 2 rings (SSSR count). The summed E-state index contributed by atoms with van der Waals surface area (Å²) in [6, 6.07) is 7.58. The number of esters is 3. The quantitative estimate of drug-likeness (QED) is 0.220. The number of carbonyl (C=O) groups is 3. The maximum atomic E-state index is 12.5. The fourth-order valence-corrected chi connectivity index (χ4v) is 2.33. The number of rotatable bonds is 7. The van der Waals surface area contributed by atoms with Crippen molar-refractivity contribution in [2.24, 2.45) is 0 Å². The van der Waals surface area contributed by atoms with Gasteiger partial charge in [0.1, 0.15) is 0 Å². The second kappa shape index (κ2) is 9.82. The van der Waals surface area contributed by atoms with Crippen LogP contribution in [0.3, 0.4) is 0 Å². The normalized spacial score (nSPS) is 10.4. The van der Waals surface area contributed by atoms with Crippen LogP contribution >= 0.6 is 0 Å². The molecule has 10 nitrogen and oxygen atoms in total. The Labute approximate surface area is 170 Å². The first-order valence-electron chi connectivity index (χ1n) is 8.33. The average Bonchev–Trinajstić information content (AvgIpc) is 2.76. The van der Waals surface area contributed by atoms with E-state index in [-0.39, 0.29) is 22.6 Å². The topological polar surface area (TPSA) is 131 Å². The molecule has 0 aliphatic heterocycles. The van der Waals surface area contributed by atoms with Crippen molar-refractivity contribution in [3.63, 3.8) is 0 Å². The van der Waals surface area contributed by atoms with E-state index in [0.717, 1.165) is 25.3 Å². The number of hydrogen-bond acceptors (Lipinski definition) is 9. The summed E-state index contributed by atoms with van der Waals surface area (Å²) < 4.78 is 19.5. The summed E-state index contributed by atoms with van der Waals surface area (Å²) in [5.74, 6) is -2.12. The minimum atomic E-state index is -0.944. The molecule has 0 heterocycles. The number of non-ortho nitro benzene ring substituents is 1. The summed E-state index contributed by atoms with van der Waals surface area (Å²) in [6.45, 7) is 0. The van der Waals surface area contributed by atoms with E-state index in [4.69, 9.17) is 9.47 Å². The lowest BCUT2D eigenvalue weighted by molar-refractivity contribution is -0.384. The minimum absolute atomic E-state index is 0.0313. The summed E-state index contributed by atoms with van der Waals surface area (Å²) in [4.78, 5) is 45.8. The molecule has 0 unspecified atom stereocenters. The maximum Gasteiger partial charge on any atom is 0.343 e. The van der Waals surface area contributed by atoms with E-state index in [9.17, 15) is 24.5 Å². The van der Waals surface area contributed by atoms with Gasteiger partial charge in [0, 0.05) is 18.2 Å². The van der Waals surface area contributed by atoms with Crippen molar-refractivity contribution in [3.05, 3.63) is 69.3 Å². The molecule has 0 saturated carbocycles. The molecule has 156 valence electrons. The van der Waals surface area contributed by atoms with Gasteiger partial charge in [-0.15, -0.1) is 0 Å². The SMILES string of the molecule is COC(=O)C=Cc1ccc(OC(=O)c2cc(C(=O)OC)cc([N+](=O)[O-])c2)c(OC)c1. The zero-order valence-electron chi connectivity index (χ0n) is 16.2. The number of carbonyl (C=O) groups excluding carboxylic acids is 3. The second-order valence-electron chi connectivity index (χ2n) is 5.67. The van der Waals surface area contributed by atoms with Gasteiger partial charge in [-0.3, -0.25) is 10.1 Å². The van der Waals surface area contributed by atoms with E-state index in [1.54, 1.807) is 6.07 Å². The fourth-order valence-electron chi connectivity index (χ4n) is 2.33. The van der Waals surface area contributed by atoms with E-state index >= 15 is 0 Å². The number of hydrogen-bond donors (Lipinski definition) is 0. The highest BCUT2D eigenvalue weighted by Crippen LogP contribution is 2.30. The number of nitro benzene ring substituents is 1. The van der Waals surface area contributed by atoms with Crippen molar-refractivity contribution >= 4 is 29.7 Å². The Balaban J connectivity index is 2.34. The van der Waals surface area contributed by atoms with Gasteiger partial charge in [-0.2, -0.15) is 0 Å². The van der Waals surface area contributed by atoms with E-state index < -0.39 is 28.5 Å². The van der Waals surface area contributed by atoms with Crippen molar-refractivity contribution in [2.45, 2.75) is 0 Å². The molecule has 0 aliphatic carbocycles. The average molecular weight is 415 g/mol. The molecule has 30 heavy (non-hydrogen) atoms. The van der Waals surface area contributed by atoms with Crippen molar-refractivity contribution in [3.8, 4) is 11.5 Å². The van der Waals surface area contributed by atoms with E-state index in [1.807, 2.05) is 0 Å². The van der Waals surface area contributed by atoms with Crippen LogP contribution in [0.25, 0.3) is 6.08 Å². The van der Waals surface area contributed by atoms with Crippen LogP contribution in [0.4, 0.5) is 5.69 Å². The Kier molecular flexibility index (Phi) is 7.23. The van der Waals surface area contributed by atoms with Crippen LogP contribution in [0.2, 0.25) is 0 Å². The number of methoxy groups -OCH3 is 3. The third-order valence-electron chi connectivity index (χ3n) is 3.79. The lowest BCUT2D eigenvalue weighted by Gasteiger charge is -2.10. The molecule has 0 atom stereocenters. The first-order chi connectivity index (χ1) is 14.3. The molecule has 0 fully saturated rings. The van der Waals surface area contributed by atoms with Crippen LogP contribution in [0.5, 0.6) is 11.5 Å². The Hall–Kier alpha value is -4.21. The number of benzene rings is 2. The zero-order chi connectivity index (χ0) is 22.3. The van der Waals surface area contributed by atoms with E-state index in [2.05, 4.69) is 9.47 Å². The molecule has 0 saturated heterocycles. The maximum absolute atomic E-state index is 12.5. The summed E-state index contributed by atoms with van der Waals surface area (Å²) >= 11 is 0. The summed E-state index contributed by atoms with van der Waals surface area (Å²) in [5.41, 5.74) is -0.296. The first-order valence-corrected chi connectivity index (χ1v) is 8.33. The monoisotopic (exact) mass is 415 g/mol. The number of nitrogens with zero attached hydrogens (tertiary/aromatic N) is 1. The van der Waals surface area contributed by atoms with Crippen molar-refractivity contribution in [1.29, 1.82) is 0 Å². The first kappa shape index (κ1) is 22.1. The highest BCUT2D eigenvalue weighted by Gasteiger charge is 2.20. The molecule has 0 N–H and O–H groups in total. The van der Waals surface area contributed by atoms with Crippen LogP contribution in [0.15, 0.2) is 42.5 Å². The van der Waals surface area contributed by atoms with Crippen molar-refractivity contribution in [2.75, 3.05) is 21.3 Å². The molecule has 0 aromatic heterocycles. The predicted molar refractivity (Wildman–Crippen MR) is 103 cm³/mol. The Morgan fingerprint density at radius 3 is 2.13 bits per heavy atom. The molecule has 0 spiro atoms. The fraction of sp³-hybridized carbons (Fsp3) is 0.150. The highest BCUT2D eigenvalue weighted by atomic mass is 16.6. The van der Waals surface area contributed by atoms with Gasteiger partial charge in [0.25, 0.3) is 5.69 Å². The molecule has 0 bridgehead atoms. The lowest BCUT2D eigenvalue weighted by atomic mass is 10.1. The number of ether oxygens (including phenoxy) is 4. The molecule has 0 amide bonds. The smallest absolute Gasteiger partial charge is 0.343 e. The van der Waals surface area contributed by atoms with Crippen LogP contribution < -0.4 is 9.47 Å². The zero-order valence-corrected chi connectivity index (χ0v) is 16.2. The van der Waals surface area contributed by atoms with Crippen molar-refractivity contribution in [1.82, 2.24) is 0 Å². The number of nitro groups is 1. The van der Waals surface area contributed by atoms with Crippen LogP contribution in [0, 0.1) is 10.1 Å². The summed E-state index contributed by atoms with van der Waals surface area (Å²) in [7, 11) is 3.71. The third-order valence-corrected chi connectivity index (χ3v) is 3.79. The highest BCUT2D eigenvalue weighted by molar-refractivity contribution is 5.97. The molecule has 0 aliphatic rings. The lowest BCUT2D eigenvalue weighted by Crippen LogP contribution is -2.12. The third kappa shape index (κ3) is 5.41. The predicted octanol–water partition coefficient (Wildman–Crippen LogP) is 2.80. The summed E-state index contributed by atoms with van der Waals surface area (Å²) in [6.07, 6.45) is 2.68. The molecule has 2 aromatic carbocycles. The van der Waals surface area contributed by atoms with Crippen molar-refractivity contribution < 1.29 is 38.3 Å². The van der Waals surface area contributed by atoms with Crippen LogP contribution in [0.1, 0.15) is 26.3 Å². The van der Waals surface area contributed by atoms with Gasteiger partial charge in [0.2, 0.25) is 0 Å². The van der Waals surface area contributed by atoms with Crippen LogP contribution in [-0.2, 0) is 14.3 Å². The second-order valence-corrected chi connectivity index (χ2v) is 5.67. The Bertz CT molecular complexity index is 1030.